The molecule has 10 nitrogen and oxygen atoms in total. The van der Waals surface area contributed by atoms with E-state index in [1.165, 1.54) is 24.9 Å². The zero-order chi connectivity index (χ0) is 30.8. The van der Waals surface area contributed by atoms with Crippen molar-refractivity contribution in [1.29, 1.82) is 0 Å². The summed E-state index contributed by atoms with van der Waals surface area (Å²) in [6, 6.07) is 15.1. The number of anilines is 1. The highest BCUT2D eigenvalue weighted by Crippen LogP contribution is 2.41. The predicted molar refractivity (Wildman–Crippen MR) is 172 cm³/mol. The van der Waals surface area contributed by atoms with Crippen LogP contribution in [0, 0.1) is 0 Å². The Morgan fingerprint density at radius 1 is 1.02 bits per heavy atom. The molecule has 224 valence electrons. The van der Waals surface area contributed by atoms with E-state index in [4.69, 9.17) is 32.9 Å². The fourth-order valence-corrected chi connectivity index (χ4v) is 6.11. The first-order chi connectivity index (χ1) is 20.6. The zero-order valence-corrected chi connectivity index (χ0v) is 26.3. The number of hydrogen-bond acceptors (Lipinski definition) is 8. The lowest BCUT2D eigenvalue weighted by atomic mass is 10.00. The summed E-state index contributed by atoms with van der Waals surface area (Å²) in [5, 5.41) is 3.36. The van der Waals surface area contributed by atoms with Crippen LogP contribution in [-0.4, -0.2) is 57.4 Å². The van der Waals surface area contributed by atoms with Gasteiger partial charge in [-0.2, -0.15) is 0 Å². The van der Waals surface area contributed by atoms with Gasteiger partial charge in [0.05, 0.1) is 28.5 Å². The number of likely N-dealkylation sites (tertiary alicyclic amines) is 1. The van der Waals surface area contributed by atoms with Gasteiger partial charge in [0.1, 0.15) is 5.56 Å². The molecule has 1 saturated heterocycles. The number of carbonyl (C=O) groups excluding carboxylic acids is 1. The summed E-state index contributed by atoms with van der Waals surface area (Å²) in [6.45, 7) is 2.65. The van der Waals surface area contributed by atoms with Crippen LogP contribution in [0.4, 0.5) is 5.69 Å². The molecule has 1 aliphatic rings. The van der Waals surface area contributed by atoms with Gasteiger partial charge in [0, 0.05) is 68.2 Å². The van der Waals surface area contributed by atoms with Gasteiger partial charge in [0.25, 0.3) is 11.5 Å². The summed E-state index contributed by atoms with van der Waals surface area (Å²) in [5.74, 6) is -0.159. The third kappa shape index (κ3) is 6.22. The van der Waals surface area contributed by atoms with Crippen LogP contribution in [0.15, 0.2) is 64.3 Å². The van der Waals surface area contributed by atoms with Gasteiger partial charge in [-0.05, 0) is 18.4 Å². The average Bonchev–Trinajstić information content (AvgIpc) is 2.98. The van der Waals surface area contributed by atoms with E-state index in [0.29, 0.717) is 39.3 Å². The lowest BCUT2D eigenvalue weighted by Gasteiger charge is -2.39. The highest BCUT2D eigenvalue weighted by molar-refractivity contribution is 7.96. The number of rotatable bonds is 9. The third-order valence-electron chi connectivity index (χ3n) is 7.27. The zero-order valence-electron chi connectivity index (χ0n) is 24.0. The van der Waals surface area contributed by atoms with Crippen molar-refractivity contribution in [3.63, 3.8) is 0 Å². The largest absolute Gasteiger partial charge is 0.481 e. The number of aryl methyl sites for hydroxylation is 1. The molecular formula is C30H30Cl2N6O4S. The van der Waals surface area contributed by atoms with E-state index in [1.807, 2.05) is 36.6 Å². The number of pyridine rings is 1. The molecule has 2 aromatic heterocycles. The molecular weight excluding hydrogens is 611 g/mol. The van der Waals surface area contributed by atoms with E-state index in [9.17, 15) is 14.4 Å². The summed E-state index contributed by atoms with van der Waals surface area (Å²) < 4.78 is 11.1. The first-order valence-corrected chi connectivity index (χ1v) is 15.3. The van der Waals surface area contributed by atoms with E-state index >= 15 is 0 Å². The van der Waals surface area contributed by atoms with Gasteiger partial charge in [0.15, 0.2) is 0 Å². The normalized spacial score (nSPS) is 13.5. The maximum Gasteiger partial charge on any atom is 0.330 e. The minimum Gasteiger partial charge on any atom is -0.481 e. The molecule has 0 saturated carbocycles. The Balaban J connectivity index is 1.42. The quantitative estimate of drug-likeness (QED) is 0.259. The standard InChI is InChI=1S/C30H30Cl2N6O4S/c1-36-16-22(29(40)37(2)30(36)41)27(39)33-24-10-6-8-20(26(24)32)19-7-5-9-21(25(19)31)23-12-11-17(28(34-23)42-3)13-38-14-18(15-38)35-43-4/h5-12,16,18,35H,13-15H2,1-4H3,(H,33,39). The van der Waals surface area contributed by atoms with Crippen molar-refractivity contribution in [2.75, 3.05) is 31.8 Å². The Bertz CT molecular complexity index is 1820. The monoisotopic (exact) mass is 640 g/mol. The van der Waals surface area contributed by atoms with Crippen LogP contribution in [0.3, 0.4) is 0 Å². The minimum absolute atomic E-state index is 0.194. The smallest absolute Gasteiger partial charge is 0.330 e. The number of ether oxygens (including phenoxy) is 1. The fraction of sp³-hybridized carbons (Fsp3) is 0.267. The molecule has 3 heterocycles. The molecule has 13 heteroatoms. The lowest BCUT2D eigenvalue weighted by Crippen LogP contribution is -2.55. The topological polar surface area (TPSA) is 110 Å². The number of halogens is 2. The fourth-order valence-electron chi connectivity index (χ4n) is 5.03. The summed E-state index contributed by atoms with van der Waals surface area (Å²) in [6.07, 6.45) is 3.23. The van der Waals surface area contributed by atoms with Crippen molar-refractivity contribution in [3.8, 4) is 28.3 Å². The minimum atomic E-state index is -0.709. The second-order valence-corrected chi connectivity index (χ2v) is 11.6. The van der Waals surface area contributed by atoms with Gasteiger partial charge < -0.3 is 14.6 Å². The molecule has 0 atom stereocenters. The highest BCUT2D eigenvalue weighted by Gasteiger charge is 2.27. The maximum atomic E-state index is 13.0. The Morgan fingerprint density at radius 2 is 1.70 bits per heavy atom. The predicted octanol–water partition coefficient (Wildman–Crippen LogP) is 4.43. The second-order valence-electron chi connectivity index (χ2n) is 10.2. The summed E-state index contributed by atoms with van der Waals surface area (Å²) >= 11 is 15.4. The van der Waals surface area contributed by atoms with Crippen LogP contribution < -0.4 is 26.0 Å². The molecule has 0 aliphatic carbocycles. The molecule has 0 spiro atoms. The number of aromatic nitrogens is 3. The molecule has 2 aromatic carbocycles. The van der Waals surface area contributed by atoms with Crippen LogP contribution in [0.1, 0.15) is 15.9 Å². The van der Waals surface area contributed by atoms with Gasteiger partial charge in [0.2, 0.25) is 5.88 Å². The van der Waals surface area contributed by atoms with Crippen LogP contribution in [0.25, 0.3) is 22.4 Å². The van der Waals surface area contributed by atoms with Gasteiger partial charge in [-0.3, -0.25) is 23.8 Å². The van der Waals surface area contributed by atoms with Gasteiger partial charge in [-0.1, -0.05) is 71.5 Å². The summed E-state index contributed by atoms with van der Waals surface area (Å²) in [4.78, 5) is 44.7. The van der Waals surface area contributed by atoms with Crippen molar-refractivity contribution >= 4 is 46.7 Å². The average molecular weight is 642 g/mol. The lowest BCUT2D eigenvalue weighted by molar-refractivity contribution is 0.102. The molecule has 43 heavy (non-hydrogen) atoms. The van der Waals surface area contributed by atoms with Crippen LogP contribution in [0.2, 0.25) is 10.0 Å². The van der Waals surface area contributed by atoms with E-state index < -0.39 is 17.2 Å². The molecule has 0 unspecified atom stereocenters. The van der Waals surface area contributed by atoms with Gasteiger partial charge in [-0.15, -0.1) is 0 Å². The Hall–Kier alpha value is -3.61. The SMILES string of the molecule is COc1nc(-c2cccc(-c3cccc(NC(=O)c4cn(C)c(=O)n(C)c4=O)c3Cl)c2Cl)ccc1CN1CC(NSC)C1. The maximum absolute atomic E-state index is 13.0. The van der Waals surface area contributed by atoms with Crippen LogP contribution in [0.5, 0.6) is 5.88 Å². The second kappa shape index (κ2) is 12.9. The molecule has 0 radical (unpaired) electrons. The number of nitrogens with one attached hydrogen (secondary N) is 2. The van der Waals surface area contributed by atoms with Crippen molar-refractivity contribution < 1.29 is 9.53 Å². The van der Waals surface area contributed by atoms with Gasteiger partial charge >= 0.3 is 5.69 Å². The molecule has 1 fully saturated rings. The first-order valence-electron chi connectivity index (χ1n) is 13.3. The summed E-state index contributed by atoms with van der Waals surface area (Å²) in [7, 11) is 4.38. The number of methoxy groups -OCH3 is 1. The molecule has 4 aromatic rings. The molecule has 2 N–H and O–H groups in total. The van der Waals surface area contributed by atoms with Gasteiger partial charge in [-0.25, -0.2) is 9.78 Å². The van der Waals surface area contributed by atoms with E-state index in [2.05, 4.69) is 14.9 Å². The highest BCUT2D eigenvalue weighted by atomic mass is 35.5. The Labute approximate surface area is 262 Å². The number of benzene rings is 2. The van der Waals surface area contributed by atoms with E-state index in [1.54, 1.807) is 37.3 Å². The van der Waals surface area contributed by atoms with Crippen molar-refractivity contribution in [3.05, 3.63) is 96.7 Å². The van der Waals surface area contributed by atoms with E-state index in [0.717, 1.165) is 29.8 Å². The first kappa shape index (κ1) is 30.8. The number of hydrogen-bond donors (Lipinski definition) is 2. The van der Waals surface area contributed by atoms with Crippen molar-refractivity contribution in [2.45, 2.75) is 12.6 Å². The Morgan fingerprint density at radius 3 is 2.40 bits per heavy atom. The van der Waals surface area contributed by atoms with Crippen molar-refractivity contribution in [2.24, 2.45) is 14.1 Å². The molecule has 0 bridgehead atoms. The molecule has 1 amide bonds. The number of amides is 1. The van der Waals surface area contributed by atoms with Crippen LogP contribution >= 0.6 is 35.1 Å². The molecule has 1 aliphatic heterocycles. The number of carbonyl (C=O) groups is 1. The molecule has 5 rings (SSSR count). The Kier molecular flexibility index (Phi) is 9.28. The summed E-state index contributed by atoms with van der Waals surface area (Å²) in [5.41, 5.74) is 2.38. The number of nitrogens with zero attached hydrogens (tertiary/aromatic N) is 4. The third-order valence-corrected chi connectivity index (χ3v) is 8.65. The van der Waals surface area contributed by atoms with Crippen molar-refractivity contribution in [1.82, 2.24) is 23.7 Å². The van der Waals surface area contributed by atoms with E-state index in [-0.39, 0.29) is 16.3 Å². The van der Waals surface area contributed by atoms with Crippen LogP contribution in [-0.2, 0) is 20.6 Å².